The number of nitrogens with zero attached hydrogens (tertiary/aromatic N) is 4. The third-order valence-corrected chi connectivity index (χ3v) is 4.48. The summed E-state index contributed by atoms with van der Waals surface area (Å²) in [5.41, 5.74) is 2.75. The lowest BCUT2D eigenvalue weighted by atomic mass is 10.1. The van der Waals surface area contributed by atoms with Crippen LogP contribution in [0.25, 0.3) is 0 Å². The smallest absolute Gasteiger partial charge is 0.242 e. The fraction of sp³-hybridized carbons (Fsp3) is 0.389. The quantitative estimate of drug-likeness (QED) is 0.847. The highest BCUT2D eigenvalue weighted by molar-refractivity contribution is 5.82. The van der Waals surface area contributed by atoms with E-state index in [0.29, 0.717) is 19.6 Å². The zero-order valence-corrected chi connectivity index (χ0v) is 14.4. The number of carbonyl (C=O) groups excluding carboxylic acids is 1. The molecule has 0 atom stereocenters. The molecule has 3 heterocycles. The van der Waals surface area contributed by atoms with Crippen LogP contribution >= 0.6 is 0 Å². The highest BCUT2D eigenvalue weighted by atomic mass is 16.7. The molecule has 1 aromatic carbocycles. The van der Waals surface area contributed by atoms with Crippen molar-refractivity contribution in [2.75, 3.05) is 31.3 Å². The third-order valence-electron chi connectivity index (χ3n) is 4.48. The first-order valence-corrected chi connectivity index (χ1v) is 8.31. The van der Waals surface area contributed by atoms with Crippen molar-refractivity contribution >= 4 is 11.7 Å². The maximum absolute atomic E-state index is 12.6. The Kier molecular flexibility index (Phi) is 3.91. The topological polar surface area (TPSA) is 67.8 Å². The third kappa shape index (κ3) is 3.09. The van der Waals surface area contributed by atoms with E-state index in [9.17, 15) is 4.79 Å². The van der Waals surface area contributed by atoms with E-state index in [-0.39, 0.29) is 12.7 Å². The first kappa shape index (κ1) is 15.7. The molecule has 1 saturated heterocycles. The van der Waals surface area contributed by atoms with Gasteiger partial charge in [0.2, 0.25) is 12.7 Å². The standard InChI is InChI=1S/C18H20N4O3/c1-12-8-19-13(2)18(20-12)22-6-5-21(17(23)10-22)9-14-3-4-15-16(7-14)25-11-24-15/h3-4,7-8H,5-6,9-11H2,1-2H3. The number of anilines is 1. The highest BCUT2D eigenvalue weighted by Crippen LogP contribution is 2.33. The minimum atomic E-state index is 0.0895. The summed E-state index contributed by atoms with van der Waals surface area (Å²) >= 11 is 0. The fourth-order valence-corrected chi connectivity index (χ4v) is 3.14. The van der Waals surface area contributed by atoms with E-state index in [2.05, 4.69) is 9.97 Å². The zero-order valence-electron chi connectivity index (χ0n) is 14.4. The number of hydrogen-bond donors (Lipinski definition) is 0. The number of amides is 1. The van der Waals surface area contributed by atoms with E-state index < -0.39 is 0 Å². The molecule has 1 fully saturated rings. The van der Waals surface area contributed by atoms with Crippen molar-refractivity contribution in [2.24, 2.45) is 0 Å². The van der Waals surface area contributed by atoms with Crippen LogP contribution in [0.4, 0.5) is 5.82 Å². The lowest BCUT2D eigenvalue weighted by molar-refractivity contribution is -0.131. The van der Waals surface area contributed by atoms with E-state index in [1.54, 1.807) is 6.20 Å². The molecule has 0 spiro atoms. The maximum Gasteiger partial charge on any atom is 0.242 e. The number of aromatic nitrogens is 2. The maximum atomic E-state index is 12.6. The largest absolute Gasteiger partial charge is 0.454 e. The number of aryl methyl sites for hydroxylation is 2. The van der Waals surface area contributed by atoms with Crippen molar-refractivity contribution < 1.29 is 14.3 Å². The Morgan fingerprint density at radius 2 is 2.00 bits per heavy atom. The van der Waals surface area contributed by atoms with E-state index in [4.69, 9.17) is 9.47 Å². The SMILES string of the molecule is Cc1cnc(C)c(N2CCN(Cc3ccc4c(c3)OCO4)C(=O)C2)n1. The number of benzene rings is 1. The summed E-state index contributed by atoms with van der Waals surface area (Å²) in [5.74, 6) is 2.39. The minimum absolute atomic E-state index is 0.0895. The Balaban J connectivity index is 1.45. The Hall–Kier alpha value is -2.83. The van der Waals surface area contributed by atoms with Crippen molar-refractivity contribution in [3.8, 4) is 11.5 Å². The molecule has 7 nitrogen and oxygen atoms in total. The Bertz CT molecular complexity index is 824. The number of rotatable bonds is 3. The van der Waals surface area contributed by atoms with Gasteiger partial charge >= 0.3 is 0 Å². The van der Waals surface area contributed by atoms with Gasteiger partial charge < -0.3 is 19.3 Å². The summed E-state index contributed by atoms with van der Waals surface area (Å²) in [7, 11) is 0. The highest BCUT2D eigenvalue weighted by Gasteiger charge is 2.26. The number of hydrogen-bond acceptors (Lipinski definition) is 6. The molecule has 2 aliphatic heterocycles. The van der Waals surface area contributed by atoms with Crippen molar-refractivity contribution in [1.82, 2.24) is 14.9 Å². The molecule has 4 rings (SSSR count). The van der Waals surface area contributed by atoms with E-state index >= 15 is 0 Å². The molecule has 2 aromatic rings. The molecule has 0 unspecified atom stereocenters. The number of fused-ring (bicyclic) bond motifs is 1. The van der Waals surface area contributed by atoms with Crippen LogP contribution in [0.1, 0.15) is 17.0 Å². The molecule has 2 aliphatic rings. The summed E-state index contributed by atoms with van der Waals surface area (Å²) in [4.78, 5) is 25.4. The van der Waals surface area contributed by atoms with Crippen molar-refractivity contribution in [2.45, 2.75) is 20.4 Å². The molecule has 1 aromatic heterocycles. The fourth-order valence-electron chi connectivity index (χ4n) is 3.14. The predicted molar refractivity (Wildman–Crippen MR) is 91.7 cm³/mol. The van der Waals surface area contributed by atoms with E-state index in [1.165, 1.54) is 0 Å². The molecule has 25 heavy (non-hydrogen) atoms. The van der Waals surface area contributed by atoms with Gasteiger partial charge in [0, 0.05) is 25.8 Å². The van der Waals surface area contributed by atoms with Crippen molar-refractivity contribution in [3.63, 3.8) is 0 Å². The van der Waals surface area contributed by atoms with Gasteiger partial charge in [-0.3, -0.25) is 9.78 Å². The van der Waals surface area contributed by atoms with Gasteiger partial charge in [-0.15, -0.1) is 0 Å². The molecule has 130 valence electrons. The summed E-state index contributed by atoms with van der Waals surface area (Å²) in [6.45, 7) is 6.38. The average molecular weight is 340 g/mol. The predicted octanol–water partition coefficient (Wildman–Crippen LogP) is 1.67. The summed E-state index contributed by atoms with van der Waals surface area (Å²) in [6.07, 6.45) is 1.75. The molecule has 7 heteroatoms. The second kappa shape index (κ2) is 6.23. The number of piperazine rings is 1. The molecule has 0 aliphatic carbocycles. The number of carbonyl (C=O) groups is 1. The Morgan fingerprint density at radius 1 is 1.16 bits per heavy atom. The molecule has 0 N–H and O–H groups in total. The van der Waals surface area contributed by atoms with Gasteiger partial charge in [-0.25, -0.2) is 4.98 Å². The van der Waals surface area contributed by atoms with Crippen LogP contribution in [-0.4, -0.2) is 47.2 Å². The molecular formula is C18H20N4O3. The van der Waals surface area contributed by atoms with Gasteiger partial charge in [0.15, 0.2) is 17.3 Å². The Morgan fingerprint density at radius 3 is 2.84 bits per heavy atom. The van der Waals surface area contributed by atoms with Gasteiger partial charge in [0.25, 0.3) is 0 Å². The Labute approximate surface area is 146 Å². The molecule has 1 amide bonds. The second-order valence-corrected chi connectivity index (χ2v) is 6.34. The minimum Gasteiger partial charge on any atom is -0.454 e. The first-order valence-electron chi connectivity index (χ1n) is 8.31. The summed E-state index contributed by atoms with van der Waals surface area (Å²) in [5, 5.41) is 0. The van der Waals surface area contributed by atoms with Crippen LogP contribution in [0.5, 0.6) is 11.5 Å². The van der Waals surface area contributed by atoms with Crippen LogP contribution in [0.3, 0.4) is 0 Å². The van der Waals surface area contributed by atoms with Gasteiger partial charge in [0.05, 0.1) is 17.9 Å². The monoisotopic (exact) mass is 340 g/mol. The van der Waals surface area contributed by atoms with Crippen LogP contribution in [0, 0.1) is 13.8 Å². The van der Waals surface area contributed by atoms with Gasteiger partial charge in [-0.1, -0.05) is 6.07 Å². The van der Waals surface area contributed by atoms with E-state index in [1.807, 2.05) is 41.8 Å². The normalized spacial score (nSPS) is 16.5. The van der Waals surface area contributed by atoms with Crippen LogP contribution < -0.4 is 14.4 Å². The van der Waals surface area contributed by atoms with Crippen LogP contribution in [0.15, 0.2) is 24.4 Å². The van der Waals surface area contributed by atoms with Crippen molar-refractivity contribution in [3.05, 3.63) is 41.3 Å². The molecule has 0 bridgehead atoms. The molecule has 0 radical (unpaired) electrons. The summed E-state index contributed by atoms with van der Waals surface area (Å²) < 4.78 is 10.7. The van der Waals surface area contributed by atoms with Gasteiger partial charge in [-0.2, -0.15) is 0 Å². The van der Waals surface area contributed by atoms with Crippen LogP contribution in [-0.2, 0) is 11.3 Å². The second-order valence-electron chi connectivity index (χ2n) is 6.34. The average Bonchev–Trinajstić information content (AvgIpc) is 3.06. The number of ether oxygens (including phenoxy) is 2. The van der Waals surface area contributed by atoms with Crippen LogP contribution in [0.2, 0.25) is 0 Å². The molecular weight excluding hydrogens is 320 g/mol. The van der Waals surface area contributed by atoms with Gasteiger partial charge in [0.1, 0.15) is 0 Å². The van der Waals surface area contributed by atoms with Crippen molar-refractivity contribution in [1.29, 1.82) is 0 Å². The van der Waals surface area contributed by atoms with E-state index in [0.717, 1.165) is 40.8 Å². The first-order chi connectivity index (χ1) is 12.1. The zero-order chi connectivity index (χ0) is 17.4. The molecule has 0 saturated carbocycles. The summed E-state index contributed by atoms with van der Waals surface area (Å²) in [6, 6.07) is 5.81. The van der Waals surface area contributed by atoms with Gasteiger partial charge in [-0.05, 0) is 31.5 Å². The lowest BCUT2D eigenvalue weighted by Crippen LogP contribution is -2.50. The lowest BCUT2D eigenvalue weighted by Gasteiger charge is -2.35.